The van der Waals surface area contributed by atoms with Crippen molar-refractivity contribution in [3.8, 4) is 22.8 Å². The summed E-state index contributed by atoms with van der Waals surface area (Å²) in [5.41, 5.74) is 4.13. The lowest BCUT2D eigenvalue weighted by Crippen LogP contribution is -1.97. The van der Waals surface area contributed by atoms with Gasteiger partial charge in [0.1, 0.15) is 11.5 Å². The molecule has 2 rings (SSSR count). The summed E-state index contributed by atoms with van der Waals surface area (Å²) < 4.78 is 10.9. The topological polar surface area (TPSA) is 31.4 Å². The third kappa shape index (κ3) is 2.08. The highest BCUT2D eigenvalue weighted by Gasteiger charge is 2.16. The molecule has 1 heterocycles. The van der Waals surface area contributed by atoms with Gasteiger partial charge in [-0.05, 0) is 38.0 Å². The molecular weight excluding hydrogens is 246 g/mol. The van der Waals surface area contributed by atoms with Crippen LogP contribution in [0.15, 0.2) is 11.4 Å². The van der Waals surface area contributed by atoms with Crippen LogP contribution in [0.2, 0.25) is 0 Å². The standard InChI is InChI=1S/C14H17NO2S/c1-8-9(2)14(17-5)11(6-13(8)16-4)12-7-18-10(3)15-12/h6-7H,1-5H3. The molecule has 4 heteroatoms. The van der Waals surface area contributed by atoms with Gasteiger partial charge in [-0.1, -0.05) is 0 Å². The molecule has 0 unspecified atom stereocenters. The van der Waals surface area contributed by atoms with E-state index in [4.69, 9.17) is 9.47 Å². The maximum Gasteiger partial charge on any atom is 0.131 e. The molecule has 2 aromatic rings. The molecule has 0 saturated carbocycles. The van der Waals surface area contributed by atoms with Crippen LogP contribution in [-0.2, 0) is 0 Å². The smallest absolute Gasteiger partial charge is 0.131 e. The van der Waals surface area contributed by atoms with Crippen molar-refractivity contribution in [1.29, 1.82) is 0 Å². The molecule has 0 amide bonds. The summed E-state index contributed by atoms with van der Waals surface area (Å²) >= 11 is 1.63. The largest absolute Gasteiger partial charge is 0.496 e. The molecule has 0 N–H and O–H groups in total. The predicted octanol–water partition coefficient (Wildman–Crippen LogP) is 3.75. The molecule has 0 radical (unpaired) electrons. The van der Waals surface area contributed by atoms with Gasteiger partial charge in [0.15, 0.2) is 0 Å². The Morgan fingerprint density at radius 3 is 2.28 bits per heavy atom. The van der Waals surface area contributed by atoms with E-state index in [1.807, 2.05) is 32.2 Å². The first-order valence-electron chi connectivity index (χ1n) is 5.73. The Morgan fingerprint density at radius 2 is 1.78 bits per heavy atom. The van der Waals surface area contributed by atoms with Gasteiger partial charge in [-0.15, -0.1) is 11.3 Å². The van der Waals surface area contributed by atoms with Gasteiger partial charge in [0, 0.05) is 10.9 Å². The SMILES string of the molecule is COc1cc(-c2csc(C)n2)c(OC)c(C)c1C. The summed E-state index contributed by atoms with van der Waals surface area (Å²) in [5, 5.41) is 3.09. The lowest BCUT2D eigenvalue weighted by atomic mass is 10.0. The van der Waals surface area contributed by atoms with Crippen LogP contribution in [0.5, 0.6) is 11.5 Å². The van der Waals surface area contributed by atoms with Gasteiger partial charge < -0.3 is 9.47 Å². The summed E-state index contributed by atoms with van der Waals surface area (Å²) in [6.45, 7) is 6.07. The molecule has 0 aliphatic heterocycles. The number of thiazole rings is 1. The number of methoxy groups -OCH3 is 2. The van der Waals surface area contributed by atoms with Crippen LogP contribution in [0.1, 0.15) is 16.1 Å². The van der Waals surface area contributed by atoms with Gasteiger partial charge in [0.05, 0.1) is 24.9 Å². The van der Waals surface area contributed by atoms with Gasteiger partial charge in [0.25, 0.3) is 0 Å². The van der Waals surface area contributed by atoms with E-state index in [1.165, 1.54) is 0 Å². The van der Waals surface area contributed by atoms with Crippen molar-refractivity contribution in [3.05, 3.63) is 27.6 Å². The average molecular weight is 263 g/mol. The number of hydrogen-bond acceptors (Lipinski definition) is 4. The van der Waals surface area contributed by atoms with Crippen LogP contribution in [0.25, 0.3) is 11.3 Å². The molecule has 0 aliphatic rings. The van der Waals surface area contributed by atoms with Gasteiger partial charge in [-0.25, -0.2) is 4.98 Å². The van der Waals surface area contributed by atoms with Crippen LogP contribution in [0.4, 0.5) is 0 Å². The first-order valence-corrected chi connectivity index (χ1v) is 6.61. The highest BCUT2D eigenvalue weighted by atomic mass is 32.1. The van der Waals surface area contributed by atoms with Gasteiger partial charge in [-0.2, -0.15) is 0 Å². The van der Waals surface area contributed by atoms with Crippen molar-refractivity contribution in [3.63, 3.8) is 0 Å². The number of aromatic nitrogens is 1. The van der Waals surface area contributed by atoms with E-state index in [1.54, 1.807) is 25.6 Å². The second kappa shape index (κ2) is 4.98. The zero-order valence-corrected chi connectivity index (χ0v) is 12.1. The van der Waals surface area contributed by atoms with E-state index < -0.39 is 0 Å². The quantitative estimate of drug-likeness (QED) is 0.845. The maximum absolute atomic E-state index is 5.53. The van der Waals surface area contributed by atoms with Gasteiger partial charge in [0.2, 0.25) is 0 Å². The van der Waals surface area contributed by atoms with E-state index in [0.29, 0.717) is 0 Å². The fraction of sp³-hybridized carbons (Fsp3) is 0.357. The monoisotopic (exact) mass is 263 g/mol. The lowest BCUT2D eigenvalue weighted by Gasteiger charge is -2.15. The minimum atomic E-state index is 0.869. The summed E-state index contributed by atoms with van der Waals surface area (Å²) in [6.07, 6.45) is 0. The molecular formula is C14H17NO2S. The van der Waals surface area contributed by atoms with Crippen LogP contribution < -0.4 is 9.47 Å². The molecule has 1 aromatic carbocycles. The zero-order chi connectivity index (χ0) is 13.3. The third-order valence-electron chi connectivity index (χ3n) is 3.11. The third-order valence-corrected chi connectivity index (χ3v) is 3.89. The van der Waals surface area contributed by atoms with Crippen molar-refractivity contribution in [2.24, 2.45) is 0 Å². The van der Waals surface area contributed by atoms with E-state index >= 15 is 0 Å². The Kier molecular flexibility index (Phi) is 3.57. The molecule has 0 fully saturated rings. The number of benzene rings is 1. The molecule has 3 nitrogen and oxygen atoms in total. The second-order valence-corrected chi connectivity index (χ2v) is 5.22. The predicted molar refractivity (Wildman–Crippen MR) is 74.9 cm³/mol. The van der Waals surface area contributed by atoms with Crippen molar-refractivity contribution in [2.45, 2.75) is 20.8 Å². The number of aryl methyl sites for hydroxylation is 1. The van der Waals surface area contributed by atoms with Crippen LogP contribution in [0.3, 0.4) is 0 Å². The molecule has 1 aromatic heterocycles. The van der Waals surface area contributed by atoms with Crippen molar-refractivity contribution in [1.82, 2.24) is 4.98 Å². The first kappa shape index (κ1) is 12.9. The summed E-state index contributed by atoms with van der Waals surface area (Å²) in [5.74, 6) is 1.74. The summed E-state index contributed by atoms with van der Waals surface area (Å²) in [4.78, 5) is 4.52. The first-order chi connectivity index (χ1) is 8.58. The highest BCUT2D eigenvalue weighted by Crippen LogP contribution is 2.39. The molecule has 0 spiro atoms. The van der Waals surface area contributed by atoms with Crippen LogP contribution in [0, 0.1) is 20.8 Å². The molecule has 0 atom stereocenters. The summed E-state index contributed by atoms with van der Waals surface area (Å²) in [6, 6.07) is 2.00. The fourth-order valence-corrected chi connectivity index (χ4v) is 2.63. The summed E-state index contributed by atoms with van der Waals surface area (Å²) in [7, 11) is 3.38. The Morgan fingerprint density at radius 1 is 1.06 bits per heavy atom. The number of nitrogens with zero attached hydrogens (tertiary/aromatic N) is 1. The Bertz CT molecular complexity index is 575. The minimum Gasteiger partial charge on any atom is -0.496 e. The fourth-order valence-electron chi connectivity index (χ4n) is 2.01. The van der Waals surface area contributed by atoms with Crippen molar-refractivity contribution in [2.75, 3.05) is 14.2 Å². The van der Waals surface area contributed by atoms with E-state index in [2.05, 4.69) is 4.98 Å². The molecule has 0 bridgehead atoms. The maximum atomic E-state index is 5.53. The number of hydrogen-bond donors (Lipinski definition) is 0. The van der Waals surface area contributed by atoms with E-state index in [-0.39, 0.29) is 0 Å². The van der Waals surface area contributed by atoms with E-state index in [9.17, 15) is 0 Å². The molecule has 18 heavy (non-hydrogen) atoms. The van der Waals surface area contributed by atoms with Crippen molar-refractivity contribution < 1.29 is 9.47 Å². The van der Waals surface area contributed by atoms with Gasteiger partial charge in [-0.3, -0.25) is 0 Å². The molecule has 0 aliphatic carbocycles. The lowest BCUT2D eigenvalue weighted by molar-refractivity contribution is 0.399. The van der Waals surface area contributed by atoms with E-state index in [0.717, 1.165) is 38.9 Å². The molecule has 96 valence electrons. The Balaban J connectivity index is 2.69. The minimum absolute atomic E-state index is 0.869. The van der Waals surface area contributed by atoms with Gasteiger partial charge >= 0.3 is 0 Å². The number of ether oxygens (including phenoxy) is 2. The zero-order valence-electron chi connectivity index (χ0n) is 11.3. The second-order valence-electron chi connectivity index (χ2n) is 4.16. The normalized spacial score (nSPS) is 10.5. The number of rotatable bonds is 3. The van der Waals surface area contributed by atoms with Crippen LogP contribution >= 0.6 is 11.3 Å². The van der Waals surface area contributed by atoms with Crippen molar-refractivity contribution >= 4 is 11.3 Å². The molecule has 0 saturated heterocycles. The Labute approximate surface area is 111 Å². The average Bonchev–Trinajstić information content (AvgIpc) is 2.79. The highest BCUT2D eigenvalue weighted by molar-refractivity contribution is 7.09. The Hall–Kier alpha value is -1.55. The van der Waals surface area contributed by atoms with Crippen LogP contribution in [-0.4, -0.2) is 19.2 Å².